The maximum Gasteiger partial charge on any atom is 0.408 e. The summed E-state index contributed by atoms with van der Waals surface area (Å²) in [6, 6.07) is 0.980. The van der Waals surface area contributed by atoms with Gasteiger partial charge in [-0.2, -0.15) is 13.2 Å². The Morgan fingerprint density at radius 3 is 2.53 bits per heavy atom. The minimum Gasteiger partial charge on any atom is -0.480 e. The molecule has 1 aliphatic heterocycles. The highest BCUT2D eigenvalue weighted by atomic mass is 19.4. The van der Waals surface area contributed by atoms with Crippen LogP contribution in [0.2, 0.25) is 0 Å². The van der Waals surface area contributed by atoms with Crippen molar-refractivity contribution in [2.24, 2.45) is 5.73 Å². The molecule has 0 bridgehead atoms. The normalized spacial score (nSPS) is 19.7. The van der Waals surface area contributed by atoms with Crippen molar-refractivity contribution in [3.63, 3.8) is 0 Å². The molecule has 0 aliphatic carbocycles. The van der Waals surface area contributed by atoms with Gasteiger partial charge >= 0.3 is 6.18 Å². The first kappa shape index (κ1) is 23.7. The average molecular weight is 458 g/mol. The number of amides is 1. The Kier molecular flexibility index (Phi) is 6.32. The first-order valence-electron chi connectivity index (χ1n) is 9.78. The summed E-state index contributed by atoms with van der Waals surface area (Å²) in [5, 5.41) is 1.92. The van der Waals surface area contributed by atoms with Crippen molar-refractivity contribution < 1.29 is 31.5 Å². The molecule has 0 radical (unpaired) electrons. The van der Waals surface area contributed by atoms with Crippen molar-refractivity contribution in [3.8, 4) is 17.0 Å². The van der Waals surface area contributed by atoms with E-state index in [1.165, 1.54) is 13.2 Å². The zero-order valence-corrected chi connectivity index (χ0v) is 17.7. The number of hydrogen-bond acceptors (Lipinski definition) is 5. The van der Waals surface area contributed by atoms with E-state index in [9.17, 15) is 26.7 Å². The Hall–Kier alpha value is -2.95. The molecule has 1 saturated heterocycles. The van der Waals surface area contributed by atoms with Crippen LogP contribution >= 0.6 is 0 Å². The van der Waals surface area contributed by atoms with Crippen LogP contribution in [0.3, 0.4) is 0 Å². The summed E-state index contributed by atoms with van der Waals surface area (Å²) >= 11 is 0. The van der Waals surface area contributed by atoms with Crippen molar-refractivity contribution in [2.75, 3.05) is 25.1 Å². The molecule has 2 aromatic rings. The fourth-order valence-corrected chi connectivity index (χ4v) is 3.58. The first-order valence-corrected chi connectivity index (χ1v) is 9.78. The summed E-state index contributed by atoms with van der Waals surface area (Å²) in [5.74, 6) is -3.24. The highest BCUT2D eigenvalue weighted by Gasteiger charge is 2.39. The van der Waals surface area contributed by atoms with E-state index < -0.39 is 35.3 Å². The van der Waals surface area contributed by atoms with Crippen molar-refractivity contribution in [1.82, 2.24) is 10.3 Å². The van der Waals surface area contributed by atoms with Crippen LogP contribution < -0.4 is 20.7 Å². The largest absolute Gasteiger partial charge is 0.480 e. The molecule has 0 saturated carbocycles. The second-order valence-corrected chi connectivity index (χ2v) is 8.10. The summed E-state index contributed by atoms with van der Waals surface area (Å²) < 4.78 is 71.9. The summed E-state index contributed by atoms with van der Waals surface area (Å²) in [5.41, 5.74) is 5.91. The summed E-state index contributed by atoms with van der Waals surface area (Å²) in [6.45, 7) is 3.27. The SMILES string of the molecule is COc1ncc(C(=O)NC(C)C(F)(F)F)c(N2CC[C@](C)(N)C2)c1-c1ccc(F)c(F)c1. The molecule has 6 nitrogen and oxygen atoms in total. The minimum absolute atomic E-state index is 0.00273. The predicted octanol–water partition coefficient (Wildman–Crippen LogP) is 3.64. The number of nitrogens with zero attached hydrogens (tertiary/aromatic N) is 2. The van der Waals surface area contributed by atoms with Crippen molar-refractivity contribution in [2.45, 2.75) is 38.0 Å². The van der Waals surface area contributed by atoms with Crippen LogP contribution in [0.15, 0.2) is 24.4 Å². The molecule has 2 atom stereocenters. The maximum atomic E-state index is 14.0. The molecule has 3 rings (SSSR count). The molecular weight excluding hydrogens is 435 g/mol. The molecule has 1 amide bonds. The lowest BCUT2D eigenvalue weighted by atomic mass is 9.99. The monoisotopic (exact) mass is 458 g/mol. The van der Waals surface area contributed by atoms with Gasteiger partial charge in [-0.25, -0.2) is 13.8 Å². The summed E-state index contributed by atoms with van der Waals surface area (Å²) in [7, 11) is 1.30. The van der Waals surface area contributed by atoms with Crippen LogP contribution in [0, 0.1) is 11.6 Å². The van der Waals surface area contributed by atoms with E-state index in [0.717, 1.165) is 25.3 Å². The van der Waals surface area contributed by atoms with Crippen LogP contribution in [0.5, 0.6) is 5.88 Å². The highest BCUT2D eigenvalue weighted by molar-refractivity contribution is 6.04. The van der Waals surface area contributed by atoms with E-state index in [1.807, 2.05) is 5.32 Å². The molecule has 3 N–H and O–H groups in total. The van der Waals surface area contributed by atoms with Gasteiger partial charge in [0.25, 0.3) is 5.91 Å². The number of benzene rings is 1. The van der Waals surface area contributed by atoms with Crippen LogP contribution in [0.25, 0.3) is 11.1 Å². The van der Waals surface area contributed by atoms with Crippen molar-refractivity contribution in [1.29, 1.82) is 0 Å². The third-order valence-electron chi connectivity index (χ3n) is 5.32. The fourth-order valence-electron chi connectivity index (χ4n) is 3.58. The Bertz CT molecular complexity index is 1030. The number of rotatable bonds is 5. The van der Waals surface area contributed by atoms with E-state index in [2.05, 4.69) is 4.98 Å². The van der Waals surface area contributed by atoms with Gasteiger partial charge in [-0.15, -0.1) is 0 Å². The molecule has 1 aliphatic rings. The number of nitrogens with one attached hydrogen (secondary N) is 1. The van der Waals surface area contributed by atoms with Gasteiger partial charge in [-0.05, 0) is 38.0 Å². The van der Waals surface area contributed by atoms with E-state index in [1.54, 1.807) is 11.8 Å². The first-order chi connectivity index (χ1) is 14.8. The molecule has 0 spiro atoms. The van der Waals surface area contributed by atoms with Crippen LogP contribution in [-0.4, -0.2) is 48.8 Å². The number of nitrogens with two attached hydrogens (primary N) is 1. The number of halogens is 5. The van der Waals surface area contributed by atoms with Gasteiger partial charge in [0, 0.05) is 24.8 Å². The van der Waals surface area contributed by atoms with Crippen molar-refractivity contribution in [3.05, 3.63) is 41.6 Å². The topological polar surface area (TPSA) is 80.5 Å². The van der Waals surface area contributed by atoms with Crippen LogP contribution in [0.4, 0.5) is 27.6 Å². The smallest absolute Gasteiger partial charge is 0.408 e. The van der Waals surface area contributed by atoms with E-state index in [-0.39, 0.29) is 34.8 Å². The molecule has 1 aromatic carbocycles. The molecule has 174 valence electrons. The summed E-state index contributed by atoms with van der Waals surface area (Å²) in [6.07, 6.45) is -3.01. The van der Waals surface area contributed by atoms with Gasteiger partial charge in [-0.3, -0.25) is 4.79 Å². The number of hydrogen-bond donors (Lipinski definition) is 2. The van der Waals surface area contributed by atoms with Gasteiger partial charge in [0.1, 0.15) is 6.04 Å². The predicted molar refractivity (Wildman–Crippen MR) is 109 cm³/mol. The van der Waals surface area contributed by atoms with E-state index in [4.69, 9.17) is 10.5 Å². The average Bonchev–Trinajstić information content (AvgIpc) is 3.07. The molecule has 1 aromatic heterocycles. The standard InChI is InChI=1S/C21H23F5N4O2/c1-11(21(24,25)26)29-18(31)13-9-28-19(32-3)16(12-4-5-14(22)15(23)8-12)17(13)30-7-6-20(2,27)10-30/h4-5,8-9,11H,6-7,10,27H2,1-3H3,(H,29,31)/t11?,20-/m0/s1. The van der Waals surface area contributed by atoms with E-state index in [0.29, 0.717) is 13.0 Å². The molecule has 1 fully saturated rings. The lowest BCUT2D eigenvalue weighted by Gasteiger charge is -2.28. The highest BCUT2D eigenvalue weighted by Crippen LogP contribution is 2.42. The van der Waals surface area contributed by atoms with Crippen molar-refractivity contribution >= 4 is 11.6 Å². The Labute approximate surface area is 181 Å². The van der Waals surface area contributed by atoms with Gasteiger partial charge in [0.05, 0.1) is 23.9 Å². The lowest BCUT2D eigenvalue weighted by molar-refractivity contribution is -0.149. The number of carbonyl (C=O) groups is 1. The number of methoxy groups -OCH3 is 1. The van der Waals surface area contributed by atoms with E-state index >= 15 is 0 Å². The number of anilines is 1. The third-order valence-corrected chi connectivity index (χ3v) is 5.32. The van der Waals surface area contributed by atoms with Gasteiger partial charge in [-0.1, -0.05) is 6.07 Å². The number of ether oxygens (including phenoxy) is 1. The zero-order valence-electron chi connectivity index (χ0n) is 17.7. The second-order valence-electron chi connectivity index (χ2n) is 8.10. The number of alkyl halides is 3. The molecule has 1 unspecified atom stereocenters. The van der Waals surface area contributed by atoms with Gasteiger partial charge < -0.3 is 20.7 Å². The number of pyridine rings is 1. The Morgan fingerprint density at radius 1 is 1.31 bits per heavy atom. The number of aromatic nitrogens is 1. The van der Waals surface area contributed by atoms with Crippen LogP contribution in [0.1, 0.15) is 30.6 Å². The minimum atomic E-state index is -4.65. The van der Waals surface area contributed by atoms with Crippen LogP contribution in [-0.2, 0) is 0 Å². The second kappa shape index (κ2) is 8.53. The summed E-state index contributed by atoms with van der Waals surface area (Å²) in [4.78, 5) is 18.6. The molecular formula is C21H23F5N4O2. The Balaban J connectivity index is 2.21. The number of carbonyl (C=O) groups excluding carboxylic acids is 1. The maximum absolute atomic E-state index is 14.0. The molecule has 2 heterocycles. The zero-order chi connectivity index (χ0) is 23.8. The fraction of sp³-hybridized carbons (Fsp3) is 0.429. The Morgan fingerprint density at radius 2 is 2.00 bits per heavy atom. The quantitative estimate of drug-likeness (QED) is 0.669. The lowest BCUT2D eigenvalue weighted by Crippen LogP contribution is -2.44. The van der Waals surface area contributed by atoms with Gasteiger partial charge in [0.2, 0.25) is 5.88 Å². The third kappa shape index (κ3) is 4.77. The molecule has 11 heteroatoms. The van der Waals surface area contributed by atoms with Gasteiger partial charge in [0.15, 0.2) is 11.6 Å². The molecule has 32 heavy (non-hydrogen) atoms.